The van der Waals surface area contributed by atoms with Crippen LogP contribution in [0.3, 0.4) is 0 Å². The third-order valence-electron chi connectivity index (χ3n) is 7.57. The lowest BCUT2D eigenvalue weighted by Crippen LogP contribution is -1.95. The van der Waals surface area contributed by atoms with E-state index in [9.17, 15) is 0 Å². The van der Waals surface area contributed by atoms with Crippen molar-refractivity contribution in [2.24, 2.45) is 0 Å². The van der Waals surface area contributed by atoms with Crippen LogP contribution in [0.4, 0.5) is 0 Å². The summed E-state index contributed by atoms with van der Waals surface area (Å²) in [7, 11) is 0. The molecule has 1 heterocycles. The van der Waals surface area contributed by atoms with E-state index in [1.807, 2.05) is 0 Å². The summed E-state index contributed by atoms with van der Waals surface area (Å²) in [5.41, 5.74) is 12.5. The maximum atomic E-state index is 3.56. The minimum absolute atomic E-state index is 0.903. The molecule has 0 unspecified atom stereocenters. The zero-order chi connectivity index (χ0) is 26.2. The van der Waals surface area contributed by atoms with E-state index >= 15 is 0 Å². The molecule has 1 aromatic heterocycles. The zero-order valence-corrected chi connectivity index (χ0v) is 23.5. The smallest absolute Gasteiger partial charge is 0.0465 e. The van der Waals surface area contributed by atoms with Crippen LogP contribution in [0.2, 0.25) is 0 Å². The summed E-state index contributed by atoms with van der Waals surface area (Å²) in [5.74, 6) is 0. The number of rotatable bonds is 5. The van der Waals surface area contributed by atoms with Gasteiger partial charge in [-0.1, -0.05) is 109 Å². The summed E-state index contributed by atoms with van der Waals surface area (Å²) in [4.78, 5) is 3.56. The van der Waals surface area contributed by atoms with Gasteiger partial charge in [-0.15, -0.1) is 0 Å². The lowest BCUT2D eigenvalue weighted by atomic mass is 9.88. The molecule has 7 aromatic rings. The highest BCUT2D eigenvalue weighted by atomic mass is 127. The monoisotopic (exact) mass is 611 g/mol. The van der Waals surface area contributed by atoms with Crippen molar-refractivity contribution in [3.8, 4) is 33.4 Å². The summed E-state index contributed by atoms with van der Waals surface area (Å²) in [6, 6.07) is 50.5. The molecule has 0 aliphatic carbocycles. The van der Waals surface area contributed by atoms with Crippen molar-refractivity contribution in [1.82, 2.24) is 4.98 Å². The standard InChI is InChI=1S/C37H26IN/c38-35-16-8-6-14-31(35)33-23-27(19-18-26(33)22-25-10-2-1-3-11-25)29-12-4-5-13-30(29)28-20-21-37-34(24-28)32-15-7-9-17-36(32)39-37/h1-21,23-24,39H,22H2. The summed E-state index contributed by atoms with van der Waals surface area (Å²) >= 11 is 2.47. The molecule has 0 aliphatic rings. The van der Waals surface area contributed by atoms with Crippen LogP contribution in [0.15, 0.2) is 140 Å². The summed E-state index contributed by atoms with van der Waals surface area (Å²) in [6.07, 6.45) is 0.903. The number of fused-ring (bicyclic) bond motifs is 3. The molecule has 0 saturated carbocycles. The van der Waals surface area contributed by atoms with Crippen LogP contribution in [0.25, 0.3) is 55.2 Å². The second-order valence-electron chi connectivity index (χ2n) is 9.99. The van der Waals surface area contributed by atoms with Gasteiger partial charge in [0.2, 0.25) is 0 Å². The molecule has 2 heteroatoms. The van der Waals surface area contributed by atoms with Crippen molar-refractivity contribution in [3.63, 3.8) is 0 Å². The Hall–Kier alpha value is -4.15. The first-order valence-electron chi connectivity index (χ1n) is 13.3. The number of H-pyrrole nitrogens is 1. The van der Waals surface area contributed by atoms with Crippen molar-refractivity contribution in [3.05, 3.63) is 154 Å². The number of nitrogens with one attached hydrogen (secondary N) is 1. The highest BCUT2D eigenvalue weighted by Gasteiger charge is 2.14. The minimum atomic E-state index is 0.903. The van der Waals surface area contributed by atoms with Gasteiger partial charge in [0.05, 0.1) is 0 Å². The zero-order valence-electron chi connectivity index (χ0n) is 21.4. The Morgan fingerprint density at radius 2 is 1.08 bits per heavy atom. The molecule has 0 bridgehead atoms. The highest BCUT2D eigenvalue weighted by Crippen LogP contribution is 2.38. The van der Waals surface area contributed by atoms with E-state index in [-0.39, 0.29) is 0 Å². The maximum absolute atomic E-state index is 3.56. The normalized spacial score (nSPS) is 11.3. The molecule has 186 valence electrons. The molecule has 6 aromatic carbocycles. The van der Waals surface area contributed by atoms with Gasteiger partial charge in [0.15, 0.2) is 0 Å². The van der Waals surface area contributed by atoms with Gasteiger partial charge in [-0.05, 0) is 104 Å². The molecule has 0 aliphatic heterocycles. The van der Waals surface area contributed by atoms with Crippen LogP contribution < -0.4 is 0 Å². The molecular formula is C37H26IN. The van der Waals surface area contributed by atoms with Gasteiger partial charge in [0.1, 0.15) is 0 Å². The van der Waals surface area contributed by atoms with Crippen LogP contribution >= 0.6 is 22.6 Å². The summed E-state index contributed by atoms with van der Waals surface area (Å²) in [5, 5.41) is 2.52. The third kappa shape index (κ3) is 4.55. The molecule has 0 atom stereocenters. The van der Waals surface area contributed by atoms with Crippen LogP contribution in [-0.2, 0) is 6.42 Å². The number of aromatic amines is 1. The van der Waals surface area contributed by atoms with Gasteiger partial charge in [-0.2, -0.15) is 0 Å². The van der Waals surface area contributed by atoms with Gasteiger partial charge < -0.3 is 4.98 Å². The maximum Gasteiger partial charge on any atom is 0.0465 e. The van der Waals surface area contributed by atoms with Crippen molar-refractivity contribution < 1.29 is 0 Å². The minimum Gasteiger partial charge on any atom is -0.355 e. The first-order valence-corrected chi connectivity index (χ1v) is 14.3. The van der Waals surface area contributed by atoms with Gasteiger partial charge in [0.25, 0.3) is 0 Å². The van der Waals surface area contributed by atoms with Gasteiger partial charge >= 0.3 is 0 Å². The fourth-order valence-electron chi connectivity index (χ4n) is 5.65. The number of hydrogen-bond acceptors (Lipinski definition) is 0. The largest absolute Gasteiger partial charge is 0.355 e. The van der Waals surface area contributed by atoms with E-state index in [4.69, 9.17) is 0 Å². The second kappa shape index (κ2) is 10.2. The molecule has 0 spiro atoms. The lowest BCUT2D eigenvalue weighted by Gasteiger charge is -2.16. The molecule has 7 rings (SSSR count). The SMILES string of the molecule is Ic1ccccc1-c1cc(-c2ccccc2-c2ccc3[nH]c4ccccc4c3c2)ccc1Cc1ccccc1. The van der Waals surface area contributed by atoms with E-state index in [0.717, 1.165) is 6.42 Å². The van der Waals surface area contributed by atoms with Crippen LogP contribution in [0.1, 0.15) is 11.1 Å². The topological polar surface area (TPSA) is 15.8 Å². The van der Waals surface area contributed by atoms with Crippen LogP contribution in [0.5, 0.6) is 0 Å². The molecule has 1 N–H and O–H groups in total. The molecule has 39 heavy (non-hydrogen) atoms. The first kappa shape index (κ1) is 23.9. The summed E-state index contributed by atoms with van der Waals surface area (Å²) in [6.45, 7) is 0. The Morgan fingerprint density at radius 3 is 1.87 bits per heavy atom. The van der Waals surface area contributed by atoms with Gasteiger partial charge in [-0.3, -0.25) is 0 Å². The van der Waals surface area contributed by atoms with E-state index < -0.39 is 0 Å². The second-order valence-corrected chi connectivity index (χ2v) is 11.2. The average molecular weight is 612 g/mol. The van der Waals surface area contributed by atoms with E-state index in [1.54, 1.807) is 0 Å². The predicted molar refractivity (Wildman–Crippen MR) is 174 cm³/mol. The molecule has 0 radical (unpaired) electrons. The molecule has 0 fully saturated rings. The van der Waals surface area contributed by atoms with E-state index in [0.29, 0.717) is 0 Å². The van der Waals surface area contributed by atoms with Gasteiger partial charge in [-0.25, -0.2) is 0 Å². The highest BCUT2D eigenvalue weighted by molar-refractivity contribution is 14.1. The Kier molecular flexibility index (Phi) is 6.26. The van der Waals surface area contributed by atoms with Crippen molar-refractivity contribution in [2.45, 2.75) is 6.42 Å². The fourth-order valence-corrected chi connectivity index (χ4v) is 6.32. The lowest BCUT2D eigenvalue weighted by molar-refractivity contribution is 1.19. The Bertz CT molecular complexity index is 1950. The predicted octanol–water partition coefficient (Wildman–Crippen LogP) is 10.5. The molecular weight excluding hydrogens is 585 g/mol. The number of aromatic nitrogens is 1. The summed E-state index contributed by atoms with van der Waals surface area (Å²) < 4.78 is 1.26. The Labute approximate surface area is 242 Å². The number of para-hydroxylation sites is 1. The van der Waals surface area contributed by atoms with Gasteiger partial charge in [0, 0.05) is 25.4 Å². The quantitative estimate of drug-likeness (QED) is 0.187. The van der Waals surface area contributed by atoms with E-state index in [2.05, 4.69) is 167 Å². The Morgan fingerprint density at radius 1 is 0.462 bits per heavy atom. The Balaban J connectivity index is 1.38. The first-order chi connectivity index (χ1) is 19.2. The third-order valence-corrected chi connectivity index (χ3v) is 8.51. The van der Waals surface area contributed by atoms with Crippen LogP contribution in [-0.4, -0.2) is 4.98 Å². The van der Waals surface area contributed by atoms with Crippen molar-refractivity contribution in [1.29, 1.82) is 0 Å². The number of hydrogen-bond donors (Lipinski definition) is 1. The molecule has 0 amide bonds. The van der Waals surface area contributed by atoms with E-state index in [1.165, 1.54) is 69.9 Å². The fraction of sp³-hybridized carbons (Fsp3) is 0.0270. The number of halogens is 1. The van der Waals surface area contributed by atoms with Crippen molar-refractivity contribution >= 4 is 44.4 Å². The van der Waals surface area contributed by atoms with Crippen LogP contribution in [0, 0.1) is 3.57 Å². The molecule has 1 nitrogen and oxygen atoms in total. The van der Waals surface area contributed by atoms with Crippen molar-refractivity contribution in [2.75, 3.05) is 0 Å². The average Bonchev–Trinajstić information content (AvgIpc) is 3.36. The number of benzene rings is 6. The molecule has 0 saturated heterocycles.